The predicted molar refractivity (Wildman–Crippen MR) is 80.8 cm³/mol. The second kappa shape index (κ2) is 4.86. The Morgan fingerprint density at radius 3 is 2.56 bits per heavy atom. The molecule has 0 bridgehead atoms. The van der Waals surface area contributed by atoms with Crippen LogP contribution in [0.1, 0.15) is 0 Å². The topological polar surface area (TPSA) is 61.2 Å². The van der Waals surface area contributed by atoms with Crippen LogP contribution in [-0.2, 0) is 9.84 Å². The van der Waals surface area contributed by atoms with Crippen molar-refractivity contribution in [2.24, 2.45) is 0 Å². The number of para-hydroxylation sites is 1. The van der Waals surface area contributed by atoms with Gasteiger partial charge in [-0.1, -0.05) is 30.0 Å². The Morgan fingerprint density at radius 2 is 1.89 bits per heavy atom. The minimum absolute atomic E-state index is 0. The summed E-state index contributed by atoms with van der Waals surface area (Å²) in [4.78, 5) is 1.85. The van der Waals surface area contributed by atoms with Crippen LogP contribution in [0.3, 0.4) is 0 Å². The van der Waals surface area contributed by atoms with Gasteiger partial charge in [-0.2, -0.15) is 0 Å². The fourth-order valence-corrected chi connectivity index (χ4v) is 6.19. The lowest BCUT2D eigenvalue weighted by Gasteiger charge is -2.23. The molecule has 0 spiro atoms. The number of nitrogens with zero attached hydrogens (tertiary/aromatic N) is 1. The van der Waals surface area contributed by atoms with E-state index in [0.29, 0.717) is 5.17 Å². The molecule has 0 radical (unpaired) electrons. The summed E-state index contributed by atoms with van der Waals surface area (Å²) >= 11 is 1.37. The number of anilines is 1. The van der Waals surface area contributed by atoms with Gasteiger partial charge in [0, 0.05) is 10.9 Å². The molecule has 1 aromatic rings. The van der Waals surface area contributed by atoms with E-state index in [0.717, 1.165) is 5.69 Å². The third kappa shape index (κ3) is 2.31. The van der Waals surface area contributed by atoms with Gasteiger partial charge in [0.25, 0.3) is 0 Å². The minimum Gasteiger partial charge on any atom is -0.316 e. The van der Waals surface area contributed by atoms with Crippen molar-refractivity contribution in [3.8, 4) is 0 Å². The average Bonchev–Trinajstić information content (AvgIpc) is 2.69. The third-order valence-electron chi connectivity index (χ3n) is 3.12. The van der Waals surface area contributed by atoms with Crippen LogP contribution in [0.15, 0.2) is 30.3 Å². The summed E-state index contributed by atoms with van der Waals surface area (Å²) in [6, 6.07) is 9.50. The monoisotopic (exact) mass is 348 g/mol. The molecule has 2 aliphatic heterocycles. The lowest BCUT2D eigenvalue weighted by Crippen LogP contribution is -2.37. The van der Waals surface area contributed by atoms with Crippen molar-refractivity contribution < 1.29 is 8.42 Å². The quantitative estimate of drug-likeness (QED) is 0.842. The van der Waals surface area contributed by atoms with Gasteiger partial charge in [0.15, 0.2) is 15.0 Å². The largest absolute Gasteiger partial charge is 0.316 e. The van der Waals surface area contributed by atoms with Crippen LogP contribution in [0.4, 0.5) is 5.69 Å². The fourth-order valence-electron chi connectivity index (χ4n) is 2.40. The number of amidine groups is 1. The molecule has 2 atom stereocenters. The Labute approximate surface area is 121 Å². The van der Waals surface area contributed by atoms with Gasteiger partial charge in [0.1, 0.15) is 0 Å². The molecule has 2 unspecified atom stereocenters. The third-order valence-corrected chi connectivity index (χ3v) is 6.25. The molecule has 2 saturated heterocycles. The highest BCUT2D eigenvalue weighted by Gasteiger charge is 2.48. The SMILES string of the molecule is Br.N=C1SC2CS(=O)(=O)CC2N1c1ccccc1. The van der Waals surface area contributed by atoms with Gasteiger partial charge in [-0.3, -0.25) is 5.41 Å². The van der Waals surface area contributed by atoms with Gasteiger partial charge in [-0.25, -0.2) is 8.42 Å². The number of hydrogen-bond acceptors (Lipinski definition) is 4. The van der Waals surface area contributed by atoms with Crippen molar-refractivity contribution in [3.05, 3.63) is 30.3 Å². The normalized spacial score (nSPS) is 28.9. The summed E-state index contributed by atoms with van der Waals surface area (Å²) in [5, 5.41) is 8.45. The van der Waals surface area contributed by atoms with E-state index in [4.69, 9.17) is 5.41 Å². The van der Waals surface area contributed by atoms with Gasteiger partial charge in [-0.05, 0) is 12.1 Å². The summed E-state index contributed by atoms with van der Waals surface area (Å²) in [7, 11) is -2.93. The van der Waals surface area contributed by atoms with E-state index >= 15 is 0 Å². The number of nitrogens with one attached hydrogen (secondary N) is 1. The molecule has 1 N–H and O–H groups in total. The highest BCUT2D eigenvalue weighted by molar-refractivity contribution is 8.93. The molecular weight excluding hydrogens is 336 g/mol. The van der Waals surface area contributed by atoms with Gasteiger partial charge >= 0.3 is 0 Å². The summed E-state index contributed by atoms with van der Waals surface area (Å²) in [6.07, 6.45) is 0. The molecule has 0 aliphatic carbocycles. The van der Waals surface area contributed by atoms with Crippen LogP contribution in [0.2, 0.25) is 0 Å². The van der Waals surface area contributed by atoms with E-state index in [-0.39, 0.29) is 39.8 Å². The summed E-state index contributed by atoms with van der Waals surface area (Å²) in [6.45, 7) is 0. The molecule has 7 heteroatoms. The lowest BCUT2D eigenvalue weighted by atomic mass is 10.2. The van der Waals surface area contributed by atoms with Gasteiger partial charge < -0.3 is 4.90 Å². The maximum atomic E-state index is 11.6. The molecule has 2 aliphatic rings. The molecule has 2 heterocycles. The maximum absolute atomic E-state index is 11.6. The smallest absolute Gasteiger partial charge is 0.161 e. The van der Waals surface area contributed by atoms with E-state index in [1.165, 1.54) is 11.8 Å². The minimum atomic E-state index is -2.93. The van der Waals surface area contributed by atoms with Crippen molar-refractivity contribution >= 4 is 49.4 Å². The Bertz CT molecular complexity index is 562. The lowest BCUT2D eigenvalue weighted by molar-refractivity contribution is 0.601. The number of benzene rings is 1. The highest BCUT2D eigenvalue weighted by atomic mass is 79.9. The molecule has 0 saturated carbocycles. The first kappa shape index (κ1) is 13.9. The number of hydrogen-bond donors (Lipinski definition) is 1. The molecule has 0 amide bonds. The van der Waals surface area contributed by atoms with E-state index in [1.54, 1.807) is 0 Å². The highest BCUT2D eigenvalue weighted by Crippen LogP contribution is 2.39. The van der Waals surface area contributed by atoms with Crippen molar-refractivity contribution in [1.82, 2.24) is 0 Å². The number of sulfone groups is 1. The standard InChI is InChI=1S/C11H12N2O2S2.BrH/c12-11-13(8-4-2-1-3-5-8)9-6-17(14,15)7-10(9)16-11;/h1-5,9-10,12H,6-7H2;1H. The molecule has 1 aromatic carbocycles. The number of halogens is 1. The molecule has 4 nitrogen and oxygen atoms in total. The average molecular weight is 349 g/mol. The van der Waals surface area contributed by atoms with Gasteiger partial charge in [-0.15, -0.1) is 17.0 Å². The molecule has 2 fully saturated rings. The molecule has 3 rings (SSSR count). The van der Waals surface area contributed by atoms with Crippen LogP contribution in [-0.4, -0.2) is 36.4 Å². The molecule has 18 heavy (non-hydrogen) atoms. The number of thioether (sulfide) groups is 1. The zero-order valence-corrected chi connectivity index (χ0v) is 12.8. The second-order valence-corrected chi connectivity index (χ2v) is 7.69. The van der Waals surface area contributed by atoms with Gasteiger partial charge in [0.05, 0.1) is 17.5 Å². The summed E-state index contributed by atoms with van der Waals surface area (Å²) in [5.74, 6) is 0.371. The van der Waals surface area contributed by atoms with Gasteiger partial charge in [0.2, 0.25) is 0 Å². The van der Waals surface area contributed by atoms with E-state index in [2.05, 4.69) is 0 Å². The Kier molecular flexibility index (Phi) is 3.75. The first-order chi connectivity index (χ1) is 8.07. The number of rotatable bonds is 1. The Balaban J connectivity index is 0.00000120. The van der Waals surface area contributed by atoms with Crippen LogP contribution in [0.25, 0.3) is 0 Å². The van der Waals surface area contributed by atoms with E-state index in [9.17, 15) is 8.42 Å². The van der Waals surface area contributed by atoms with Crippen molar-refractivity contribution in [3.63, 3.8) is 0 Å². The first-order valence-corrected chi connectivity index (χ1v) is 8.07. The van der Waals surface area contributed by atoms with Crippen LogP contribution in [0.5, 0.6) is 0 Å². The molecule has 98 valence electrons. The van der Waals surface area contributed by atoms with Crippen molar-refractivity contribution in [1.29, 1.82) is 5.41 Å². The summed E-state index contributed by atoms with van der Waals surface area (Å²) in [5.41, 5.74) is 0.912. The van der Waals surface area contributed by atoms with E-state index in [1.807, 2.05) is 35.2 Å². The first-order valence-electron chi connectivity index (χ1n) is 5.37. The zero-order chi connectivity index (χ0) is 12.0. The maximum Gasteiger partial charge on any atom is 0.161 e. The van der Waals surface area contributed by atoms with Crippen LogP contribution >= 0.6 is 28.7 Å². The molecule has 0 aromatic heterocycles. The van der Waals surface area contributed by atoms with Crippen LogP contribution < -0.4 is 4.90 Å². The second-order valence-electron chi connectivity index (χ2n) is 4.31. The van der Waals surface area contributed by atoms with Crippen molar-refractivity contribution in [2.45, 2.75) is 11.3 Å². The van der Waals surface area contributed by atoms with Crippen molar-refractivity contribution in [2.75, 3.05) is 16.4 Å². The van der Waals surface area contributed by atoms with E-state index < -0.39 is 9.84 Å². The predicted octanol–water partition coefficient (Wildman–Crippen LogP) is 1.92. The fraction of sp³-hybridized carbons (Fsp3) is 0.364. The zero-order valence-electron chi connectivity index (χ0n) is 9.44. The molecular formula is C11H13BrN2O2S2. The van der Waals surface area contributed by atoms with Crippen LogP contribution in [0, 0.1) is 5.41 Å². The number of fused-ring (bicyclic) bond motifs is 1. The summed E-state index contributed by atoms with van der Waals surface area (Å²) < 4.78 is 23.2. The Hall–Kier alpha value is -0.530. The Morgan fingerprint density at radius 1 is 1.22 bits per heavy atom.